The summed E-state index contributed by atoms with van der Waals surface area (Å²) >= 11 is 9.48. The molecule has 0 saturated carbocycles. The molecule has 0 heterocycles. The molecule has 0 aliphatic heterocycles. The fourth-order valence-corrected chi connectivity index (χ4v) is 2.30. The predicted molar refractivity (Wildman–Crippen MR) is 80.9 cm³/mol. The number of nitrogens with two attached hydrogens (primary N) is 1. The summed E-state index contributed by atoms with van der Waals surface area (Å²) < 4.78 is 11.9. The molecule has 0 spiro atoms. The van der Waals surface area contributed by atoms with Gasteiger partial charge in [-0.05, 0) is 36.4 Å². The second-order valence-corrected chi connectivity index (χ2v) is 5.26. The Hall–Kier alpha value is -1.39. The first-order valence-corrected chi connectivity index (χ1v) is 6.77. The Bertz CT molecular complexity index is 590. The molecule has 0 amide bonds. The number of halogens is 2. The fraction of sp³-hybridized carbons (Fsp3) is 0.143. The predicted octanol–water partition coefficient (Wildman–Crippen LogP) is 4.27. The van der Waals surface area contributed by atoms with Crippen molar-refractivity contribution < 1.29 is 9.47 Å². The minimum atomic E-state index is 0.367. The minimum Gasteiger partial charge on any atom is -0.496 e. The van der Waals surface area contributed by atoms with Gasteiger partial charge >= 0.3 is 0 Å². The average Bonchev–Trinajstić information content (AvgIpc) is 2.38. The van der Waals surface area contributed by atoms with Crippen LogP contribution < -0.4 is 15.2 Å². The Balaban J connectivity index is 2.16. The molecular formula is C14H13BrClNO2. The molecule has 2 aromatic carbocycles. The second kappa shape index (κ2) is 6.17. The number of hydrogen-bond acceptors (Lipinski definition) is 3. The van der Waals surface area contributed by atoms with E-state index in [1.807, 2.05) is 18.2 Å². The van der Waals surface area contributed by atoms with Crippen LogP contribution in [0.3, 0.4) is 0 Å². The first-order chi connectivity index (χ1) is 9.10. The number of benzene rings is 2. The van der Waals surface area contributed by atoms with Crippen LogP contribution in [0, 0.1) is 0 Å². The summed E-state index contributed by atoms with van der Waals surface area (Å²) in [5.41, 5.74) is 7.18. The van der Waals surface area contributed by atoms with Crippen LogP contribution in [-0.2, 0) is 6.61 Å². The van der Waals surface area contributed by atoms with Crippen LogP contribution in [0.4, 0.5) is 5.69 Å². The molecule has 0 atom stereocenters. The largest absolute Gasteiger partial charge is 0.496 e. The van der Waals surface area contributed by atoms with Gasteiger partial charge in [-0.15, -0.1) is 0 Å². The van der Waals surface area contributed by atoms with Crippen molar-refractivity contribution in [3.8, 4) is 11.5 Å². The van der Waals surface area contributed by atoms with E-state index >= 15 is 0 Å². The van der Waals surface area contributed by atoms with Crippen LogP contribution in [-0.4, -0.2) is 7.11 Å². The standard InChI is InChI=1S/C14H13BrClNO2/c1-18-13-4-2-10(15)6-9(13)8-19-14-5-3-11(17)7-12(14)16/h2-7H,8,17H2,1H3. The van der Waals surface area contributed by atoms with E-state index in [1.165, 1.54) is 0 Å². The molecule has 2 rings (SSSR count). The molecule has 0 saturated heterocycles. The van der Waals surface area contributed by atoms with Crippen LogP contribution in [0.25, 0.3) is 0 Å². The van der Waals surface area contributed by atoms with E-state index in [1.54, 1.807) is 25.3 Å². The molecule has 0 aliphatic rings. The van der Waals surface area contributed by atoms with E-state index in [-0.39, 0.29) is 0 Å². The van der Waals surface area contributed by atoms with Gasteiger partial charge in [-0.2, -0.15) is 0 Å². The van der Waals surface area contributed by atoms with Gasteiger partial charge in [0.1, 0.15) is 18.1 Å². The number of ether oxygens (including phenoxy) is 2. The lowest BCUT2D eigenvalue weighted by Gasteiger charge is -2.12. The zero-order valence-corrected chi connectivity index (χ0v) is 12.7. The molecule has 2 N–H and O–H groups in total. The molecule has 0 unspecified atom stereocenters. The highest BCUT2D eigenvalue weighted by atomic mass is 79.9. The Kier molecular flexibility index (Phi) is 4.56. The van der Waals surface area contributed by atoms with E-state index in [0.717, 1.165) is 15.8 Å². The number of rotatable bonds is 4. The number of hydrogen-bond donors (Lipinski definition) is 1. The van der Waals surface area contributed by atoms with Crippen molar-refractivity contribution in [3.63, 3.8) is 0 Å². The van der Waals surface area contributed by atoms with E-state index in [0.29, 0.717) is 23.1 Å². The summed E-state index contributed by atoms with van der Waals surface area (Å²) in [4.78, 5) is 0. The van der Waals surface area contributed by atoms with Gasteiger partial charge in [0.05, 0.1) is 12.1 Å². The molecule has 5 heteroatoms. The zero-order chi connectivity index (χ0) is 13.8. The summed E-state index contributed by atoms with van der Waals surface area (Å²) in [6.07, 6.45) is 0. The quantitative estimate of drug-likeness (QED) is 0.844. The van der Waals surface area contributed by atoms with Gasteiger partial charge in [0.2, 0.25) is 0 Å². The number of anilines is 1. The van der Waals surface area contributed by atoms with Crippen molar-refractivity contribution >= 4 is 33.2 Å². The normalized spacial score (nSPS) is 10.3. The van der Waals surface area contributed by atoms with E-state index in [9.17, 15) is 0 Å². The van der Waals surface area contributed by atoms with Gasteiger partial charge in [0.15, 0.2) is 0 Å². The van der Waals surface area contributed by atoms with Crippen molar-refractivity contribution in [2.24, 2.45) is 0 Å². The lowest BCUT2D eigenvalue weighted by molar-refractivity contribution is 0.297. The molecule has 0 aliphatic carbocycles. The molecule has 3 nitrogen and oxygen atoms in total. The van der Waals surface area contributed by atoms with Crippen molar-refractivity contribution in [2.75, 3.05) is 12.8 Å². The lowest BCUT2D eigenvalue weighted by Crippen LogP contribution is -1.99. The van der Waals surface area contributed by atoms with Crippen molar-refractivity contribution in [1.29, 1.82) is 0 Å². The highest BCUT2D eigenvalue weighted by molar-refractivity contribution is 9.10. The molecule has 0 bridgehead atoms. The SMILES string of the molecule is COc1ccc(Br)cc1COc1ccc(N)cc1Cl. The van der Waals surface area contributed by atoms with Crippen LogP contribution in [0.2, 0.25) is 5.02 Å². The molecule has 19 heavy (non-hydrogen) atoms. The van der Waals surface area contributed by atoms with Gasteiger partial charge in [-0.3, -0.25) is 0 Å². The van der Waals surface area contributed by atoms with Crippen LogP contribution in [0.1, 0.15) is 5.56 Å². The Morgan fingerprint density at radius 1 is 1.16 bits per heavy atom. The maximum absolute atomic E-state index is 6.06. The van der Waals surface area contributed by atoms with Gasteiger partial charge in [0.25, 0.3) is 0 Å². The Morgan fingerprint density at radius 3 is 2.58 bits per heavy atom. The van der Waals surface area contributed by atoms with Crippen LogP contribution >= 0.6 is 27.5 Å². The summed E-state index contributed by atoms with van der Waals surface area (Å²) in [5, 5.41) is 0.494. The first kappa shape index (κ1) is 14.0. The van der Waals surface area contributed by atoms with Crippen LogP contribution in [0.15, 0.2) is 40.9 Å². The molecule has 0 fully saturated rings. The summed E-state index contributed by atoms with van der Waals surface area (Å²) in [5.74, 6) is 1.37. The third kappa shape index (κ3) is 3.55. The topological polar surface area (TPSA) is 44.5 Å². The minimum absolute atomic E-state index is 0.367. The van der Waals surface area contributed by atoms with E-state index in [4.69, 9.17) is 26.8 Å². The number of nitrogen functional groups attached to an aromatic ring is 1. The highest BCUT2D eigenvalue weighted by Gasteiger charge is 2.07. The Labute approximate surface area is 125 Å². The third-order valence-corrected chi connectivity index (χ3v) is 3.37. The van der Waals surface area contributed by atoms with Gasteiger partial charge in [-0.25, -0.2) is 0 Å². The summed E-state index contributed by atoms with van der Waals surface area (Å²) in [6.45, 7) is 0.367. The third-order valence-electron chi connectivity index (χ3n) is 2.58. The lowest BCUT2D eigenvalue weighted by atomic mass is 10.2. The second-order valence-electron chi connectivity index (χ2n) is 3.93. The Morgan fingerprint density at radius 2 is 1.89 bits per heavy atom. The molecule has 2 aromatic rings. The van der Waals surface area contributed by atoms with Gasteiger partial charge < -0.3 is 15.2 Å². The zero-order valence-electron chi connectivity index (χ0n) is 10.3. The summed E-state index contributed by atoms with van der Waals surface area (Å²) in [6, 6.07) is 10.9. The van der Waals surface area contributed by atoms with E-state index in [2.05, 4.69) is 15.9 Å². The smallest absolute Gasteiger partial charge is 0.138 e. The van der Waals surface area contributed by atoms with Crippen LogP contribution in [0.5, 0.6) is 11.5 Å². The maximum atomic E-state index is 6.06. The first-order valence-electron chi connectivity index (χ1n) is 5.60. The average molecular weight is 343 g/mol. The van der Waals surface area contributed by atoms with Crippen molar-refractivity contribution in [1.82, 2.24) is 0 Å². The highest BCUT2D eigenvalue weighted by Crippen LogP contribution is 2.29. The van der Waals surface area contributed by atoms with E-state index < -0.39 is 0 Å². The molecule has 0 aromatic heterocycles. The molecular weight excluding hydrogens is 330 g/mol. The van der Waals surface area contributed by atoms with Gasteiger partial charge in [0, 0.05) is 15.7 Å². The summed E-state index contributed by atoms with van der Waals surface area (Å²) in [7, 11) is 1.63. The fourth-order valence-electron chi connectivity index (χ4n) is 1.65. The monoisotopic (exact) mass is 341 g/mol. The maximum Gasteiger partial charge on any atom is 0.138 e. The number of methoxy groups -OCH3 is 1. The van der Waals surface area contributed by atoms with Crippen molar-refractivity contribution in [2.45, 2.75) is 6.61 Å². The van der Waals surface area contributed by atoms with Crippen molar-refractivity contribution in [3.05, 3.63) is 51.5 Å². The van der Waals surface area contributed by atoms with Gasteiger partial charge in [-0.1, -0.05) is 27.5 Å². The molecule has 0 radical (unpaired) electrons. The molecule has 100 valence electrons.